The van der Waals surface area contributed by atoms with Crippen molar-refractivity contribution in [3.63, 3.8) is 0 Å². The number of nitrogens with zero attached hydrogens (tertiary/aromatic N) is 1. The van der Waals surface area contributed by atoms with Gasteiger partial charge in [-0.15, -0.1) is 0 Å². The van der Waals surface area contributed by atoms with Gasteiger partial charge in [0.1, 0.15) is 5.69 Å². The second-order valence-corrected chi connectivity index (χ2v) is 4.87. The van der Waals surface area contributed by atoms with Crippen LogP contribution in [-0.4, -0.2) is 34.4 Å². The second kappa shape index (κ2) is 4.87. The number of aryl methyl sites for hydroxylation is 1. The number of aromatic nitrogens is 2. The van der Waals surface area contributed by atoms with E-state index < -0.39 is 0 Å². The van der Waals surface area contributed by atoms with Crippen LogP contribution >= 0.6 is 0 Å². The van der Waals surface area contributed by atoms with Crippen LogP contribution in [0.5, 0.6) is 0 Å². The molecule has 0 spiro atoms. The Morgan fingerprint density at radius 3 is 3.00 bits per heavy atom. The van der Waals surface area contributed by atoms with Gasteiger partial charge in [-0.3, -0.25) is 9.89 Å². The standard InChI is InChI=1S/C12H19N3O2/c1-2-3-9-6-10(15-14-9)11(17)13-7-12(8-16)4-5-12/h6,16H,2-5,7-8H2,1H3,(H,13,17)(H,14,15). The zero-order valence-corrected chi connectivity index (χ0v) is 10.1. The number of nitrogens with one attached hydrogen (secondary N) is 2. The molecule has 0 unspecified atom stereocenters. The summed E-state index contributed by atoms with van der Waals surface area (Å²) in [4.78, 5) is 11.8. The fourth-order valence-corrected chi connectivity index (χ4v) is 1.80. The van der Waals surface area contributed by atoms with Crippen molar-refractivity contribution >= 4 is 5.91 Å². The summed E-state index contributed by atoms with van der Waals surface area (Å²) in [5.74, 6) is -0.164. The van der Waals surface area contributed by atoms with Gasteiger partial charge in [0.15, 0.2) is 0 Å². The molecule has 1 heterocycles. The predicted octanol–water partition coefficient (Wildman–Crippen LogP) is 0.865. The molecular formula is C12H19N3O2. The number of carbonyl (C=O) groups excluding carboxylic acids is 1. The summed E-state index contributed by atoms with van der Waals surface area (Å²) in [6, 6.07) is 1.79. The number of H-pyrrole nitrogens is 1. The second-order valence-electron chi connectivity index (χ2n) is 4.87. The van der Waals surface area contributed by atoms with E-state index in [-0.39, 0.29) is 17.9 Å². The molecule has 1 amide bonds. The summed E-state index contributed by atoms with van der Waals surface area (Å²) < 4.78 is 0. The van der Waals surface area contributed by atoms with Crippen molar-refractivity contribution in [2.45, 2.75) is 32.6 Å². The minimum atomic E-state index is -0.164. The third kappa shape index (κ3) is 2.85. The smallest absolute Gasteiger partial charge is 0.271 e. The van der Waals surface area contributed by atoms with Crippen molar-refractivity contribution in [2.75, 3.05) is 13.2 Å². The lowest BCUT2D eigenvalue weighted by molar-refractivity contribution is 0.0930. The lowest BCUT2D eigenvalue weighted by Crippen LogP contribution is -2.32. The Kier molecular flexibility index (Phi) is 3.47. The van der Waals surface area contributed by atoms with Crippen molar-refractivity contribution in [2.24, 2.45) is 5.41 Å². The van der Waals surface area contributed by atoms with E-state index >= 15 is 0 Å². The average Bonchev–Trinajstić information content (AvgIpc) is 2.98. The van der Waals surface area contributed by atoms with Crippen LogP contribution < -0.4 is 5.32 Å². The van der Waals surface area contributed by atoms with Gasteiger partial charge in [-0.25, -0.2) is 0 Å². The van der Waals surface area contributed by atoms with Gasteiger partial charge in [-0.2, -0.15) is 5.10 Å². The van der Waals surface area contributed by atoms with E-state index in [1.165, 1.54) is 0 Å². The molecule has 1 aromatic rings. The van der Waals surface area contributed by atoms with Gasteiger partial charge in [0, 0.05) is 17.7 Å². The fourth-order valence-electron chi connectivity index (χ4n) is 1.80. The summed E-state index contributed by atoms with van der Waals surface area (Å²) in [5.41, 5.74) is 1.36. The lowest BCUT2D eigenvalue weighted by atomic mass is 10.1. The zero-order chi connectivity index (χ0) is 12.3. The van der Waals surface area contributed by atoms with Crippen molar-refractivity contribution in [3.05, 3.63) is 17.5 Å². The first-order valence-electron chi connectivity index (χ1n) is 6.12. The zero-order valence-electron chi connectivity index (χ0n) is 10.1. The molecule has 0 radical (unpaired) electrons. The summed E-state index contributed by atoms with van der Waals surface area (Å²) in [6.45, 7) is 2.77. The Bertz CT molecular complexity index is 396. The molecule has 0 atom stereocenters. The van der Waals surface area contributed by atoms with Crippen molar-refractivity contribution < 1.29 is 9.90 Å². The number of hydrogen-bond donors (Lipinski definition) is 3. The van der Waals surface area contributed by atoms with Crippen LogP contribution in [0.25, 0.3) is 0 Å². The van der Waals surface area contributed by atoms with Crippen LogP contribution in [0, 0.1) is 5.41 Å². The summed E-state index contributed by atoms with van der Waals surface area (Å²) in [7, 11) is 0. The highest BCUT2D eigenvalue weighted by molar-refractivity contribution is 5.92. The monoisotopic (exact) mass is 237 g/mol. The molecule has 1 aromatic heterocycles. The van der Waals surface area contributed by atoms with E-state index in [0.717, 1.165) is 31.4 Å². The van der Waals surface area contributed by atoms with Gasteiger partial charge in [-0.1, -0.05) is 13.3 Å². The Labute approximate surface area is 101 Å². The van der Waals surface area contributed by atoms with Crippen LogP contribution in [0.4, 0.5) is 0 Å². The Morgan fingerprint density at radius 2 is 2.41 bits per heavy atom. The molecule has 0 saturated heterocycles. The van der Waals surface area contributed by atoms with Crippen molar-refractivity contribution in [1.82, 2.24) is 15.5 Å². The average molecular weight is 237 g/mol. The molecule has 1 saturated carbocycles. The fraction of sp³-hybridized carbons (Fsp3) is 0.667. The number of carbonyl (C=O) groups is 1. The first kappa shape index (κ1) is 12.1. The predicted molar refractivity (Wildman–Crippen MR) is 63.7 cm³/mol. The quantitative estimate of drug-likeness (QED) is 0.686. The summed E-state index contributed by atoms with van der Waals surface area (Å²) in [6.07, 6.45) is 3.91. The van der Waals surface area contributed by atoms with Gasteiger partial charge in [0.2, 0.25) is 0 Å². The van der Waals surface area contributed by atoms with E-state index in [9.17, 15) is 4.79 Å². The number of amides is 1. The number of hydrogen-bond acceptors (Lipinski definition) is 3. The molecule has 0 aromatic carbocycles. The Hall–Kier alpha value is -1.36. The van der Waals surface area contributed by atoms with Gasteiger partial charge in [0.05, 0.1) is 6.61 Å². The Balaban J connectivity index is 1.86. The largest absolute Gasteiger partial charge is 0.396 e. The Morgan fingerprint density at radius 1 is 1.65 bits per heavy atom. The van der Waals surface area contributed by atoms with Gasteiger partial charge < -0.3 is 10.4 Å². The minimum Gasteiger partial charge on any atom is -0.396 e. The maximum Gasteiger partial charge on any atom is 0.271 e. The topological polar surface area (TPSA) is 78.0 Å². The molecule has 17 heavy (non-hydrogen) atoms. The summed E-state index contributed by atoms with van der Waals surface area (Å²) in [5, 5.41) is 18.8. The normalized spacial score (nSPS) is 16.8. The molecule has 94 valence electrons. The molecule has 1 aliphatic carbocycles. The third-order valence-corrected chi connectivity index (χ3v) is 3.30. The van der Waals surface area contributed by atoms with E-state index in [2.05, 4.69) is 22.4 Å². The maximum atomic E-state index is 11.8. The van der Waals surface area contributed by atoms with Crippen molar-refractivity contribution in [3.8, 4) is 0 Å². The van der Waals surface area contributed by atoms with Crippen LogP contribution in [0.2, 0.25) is 0 Å². The van der Waals surface area contributed by atoms with Gasteiger partial charge in [-0.05, 0) is 25.3 Å². The lowest BCUT2D eigenvalue weighted by Gasteiger charge is -2.11. The highest BCUT2D eigenvalue weighted by Gasteiger charge is 2.42. The SMILES string of the molecule is CCCc1cc(C(=O)NCC2(CO)CC2)n[nH]1. The molecule has 5 nitrogen and oxygen atoms in total. The van der Waals surface area contributed by atoms with Crippen LogP contribution in [-0.2, 0) is 6.42 Å². The first-order valence-corrected chi connectivity index (χ1v) is 6.12. The van der Waals surface area contributed by atoms with Crippen LogP contribution in [0.1, 0.15) is 42.4 Å². The van der Waals surface area contributed by atoms with E-state index in [1.54, 1.807) is 6.07 Å². The van der Waals surface area contributed by atoms with Crippen molar-refractivity contribution in [1.29, 1.82) is 0 Å². The molecule has 1 fully saturated rings. The van der Waals surface area contributed by atoms with Gasteiger partial charge >= 0.3 is 0 Å². The molecule has 1 aliphatic rings. The minimum absolute atomic E-state index is 0.0573. The highest BCUT2D eigenvalue weighted by Crippen LogP contribution is 2.44. The van der Waals surface area contributed by atoms with Crippen LogP contribution in [0.3, 0.4) is 0 Å². The molecular weight excluding hydrogens is 218 g/mol. The first-order chi connectivity index (χ1) is 8.19. The molecule has 5 heteroatoms. The van der Waals surface area contributed by atoms with Crippen LogP contribution in [0.15, 0.2) is 6.07 Å². The number of aromatic amines is 1. The summed E-state index contributed by atoms with van der Waals surface area (Å²) >= 11 is 0. The van der Waals surface area contributed by atoms with E-state index in [0.29, 0.717) is 12.2 Å². The van der Waals surface area contributed by atoms with E-state index in [4.69, 9.17) is 5.11 Å². The highest BCUT2D eigenvalue weighted by atomic mass is 16.3. The molecule has 3 N–H and O–H groups in total. The molecule has 2 rings (SSSR count). The molecule has 0 bridgehead atoms. The number of rotatable bonds is 6. The third-order valence-electron chi connectivity index (χ3n) is 3.30. The number of aliphatic hydroxyl groups is 1. The molecule has 0 aliphatic heterocycles. The maximum absolute atomic E-state index is 11.8. The van der Waals surface area contributed by atoms with E-state index in [1.807, 2.05) is 0 Å². The number of aliphatic hydroxyl groups excluding tert-OH is 1. The van der Waals surface area contributed by atoms with Gasteiger partial charge in [0.25, 0.3) is 5.91 Å².